The molecule has 0 spiro atoms. The number of rotatable bonds is 3. The van der Waals surface area contributed by atoms with E-state index in [2.05, 4.69) is 159 Å². The van der Waals surface area contributed by atoms with E-state index >= 15 is 0 Å². The van der Waals surface area contributed by atoms with Crippen LogP contribution in [0.2, 0.25) is 0 Å². The predicted molar refractivity (Wildman–Crippen MR) is 187 cm³/mol. The molecule has 0 aliphatic heterocycles. The van der Waals surface area contributed by atoms with Crippen molar-refractivity contribution in [2.75, 3.05) is 0 Å². The van der Waals surface area contributed by atoms with Crippen molar-refractivity contribution >= 4 is 65.4 Å². The number of hydrogen-bond acceptors (Lipinski definition) is 1. The van der Waals surface area contributed by atoms with E-state index in [0.29, 0.717) is 0 Å². The Morgan fingerprint density at radius 2 is 1.07 bits per heavy atom. The zero-order chi connectivity index (χ0) is 29.5. The number of para-hydroxylation sites is 4. The van der Waals surface area contributed by atoms with Crippen LogP contribution in [0.4, 0.5) is 0 Å². The van der Waals surface area contributed by atoms with Gasteiger partial charge in [0.25, 0.3) is 0 Å². The Morgan fingerprint density at radius 3 is 1.91 bits per heavy atom. The molecule has 3 heterocycles. The van der Waals surface area contributed by atoms with Crippen LogP contribution >= 0.6 is 0 Å². The van der Waals surface area contributed by atoms with Crippen LogP contribution in [0.5, 0.6) is 0 Å². The highest BCUT2D eigenvalue weighted by Gasteiger charge is 2.23. The van der Waals surface area contributed by atoms with E-state index < -0.39 is 0 Å². The summed E-state index contributed by atoms with van der Waals surface area (Å²) in [6.07, 6.45) is 1.95. The van der Waals surface area contributed by atoms with Crippen molar-refractivity contribution in [3.05, 3.63) is 158 Å². The van der Waals surface area contributed by atoms with Crippen LogP contribution in [-0.2, 0) is 0 Å². The predicted octanol–water partition coefficient (Wildman–Crippen LogP) is 10.4. The normalized spacial score (nSPS) is 12.0. The Hall–Kier alpha value is -6.13. The summed E-state index contributed by atoms with van der Waals surface area (Å²) < 4.78 is 7.08. The van der Waals surface area contributed by atoms with Crippen LogP contribution in [0.25, 0.3) is 82.5 Å². The monoisotopic (exact) mass is 574 g/mol. The first-order valence-corrected chi connectivity index (χ1v) is 15.3. The van der Waals surface area contributed by atoms with Crippen molar-refractivity contribution in [1.29, 1.82) is 0 Å². The molecule has 0 atom stereocenters. The smallest absolute Gasteiger partial charge is 0.113 e. The third kappa shape index (κ3) is 3.34. The van der Waals surface area contributed by atoms with E-state index in [1.54, 1.807) is 0 Å². The molecule has 10 aromatic rings. The van der Waals surface area contributed by atoms with Crippen molar-refractivity contribution in [3.8, 4) is 17.1 Å². The molecular formula is C41H26N4. The Morgan fingerprint density at radius 1 is 0.400 bits per heavy atom. The third-order valence-electron chi connectivity index (χ3n) is 9.30. The molecule has 0 amide bonds. The van der Waals surface area contributed by atoms with Gasteiger partial charge in [0.05, 0.1) is 33.3 Å². The van der Waals surface area contributed by atoms with E-state index in [-0.39, 0.29) is 0 Å². The highest BCUT2D eigenvalue weighted by atomic mass is 15.1. The zero-order valence-corrected chi connectivity index (χ0v) is 24.3. The summed E-state index contributed by atoms with van der Waals surface area (Å²) in [6.45, 7) is 0. The maximum atomic E-state index is 5.07. The van der Waals surface area contributed by atoms with Gasteiger partial charge in [-0.2, -0.15) is 0 Å². The second-order valence-corrected chi connectivity index (χ2v) is 11.7. The van der Waals surface area contributed by atoms with Gasteiger partial charge in [-0.1, -0.05) is 103 Å². The fourth-order valence-electron chi connectivity index (χ4n) is 7.41. The van der Waals surface area contributed by atoms with E-state index in [0.717, 1.165) is 28.1 Å². The molecule has 0 bridgehead atoms. The first-order valence-electron chi connectivity index (χ1n) is 15.3. The van der Waals surface area contributed by atoms with E-state index in [9.17, 15) is 0 Å². The first kappa shape index (κ1) is 24.3. The van der Waals surface area contributed by atoms with Gasteiger partial charge in [0.2, 0.25) is 0 Å². The Labute approximate surface area is 258 Å². The molecule has 4 heteroatoms. The average molecular weight is 575 g/mol. The molecule has 3 aromatic heterocycles. The van der Waals surface area contributed by atoms with Crippen molar-refractivity contribution in [1.82, 2.24) is 18.7 Å². The minimum Gasteiger partial charge on any atom is -0.307 e. The molecule has 7 aromatic carbocycles. The lowest BCUT2D eigenvalue weighted by atomic mass is 10.0. The lowest BCUT2D eigenvalue weighted by Gasteiger charge is -2.13. The number of fused-ring (bicyclic) bond motifs is 10. The van der Waals surface area contributed by atoms with Crippen molar-refractivity contribution in [2.24, 2.45) is 0 Å². The van der Waals surface area contributed by atoms with Crippen molar-refractivity contribution < 1.29 is 0 Å². The molecule has 0 saturated carbocycles. The lowest BCUT2D eigenvalue weighted by Crippen LogP contribution is -1.99. The Bertz CT molecular complexity index is 2750. The van der Waals surface area contributed by atoms with E-state index in [4.69, 9.17) is 4.98 Å². The van der Waals surface area contributed by atoms with Gasteiger partial charge in [0.15, 0.2) is 0 Å². The number of benzene rings is 7. The Balaban J connectivity index is 1.45. The molecule has 0 fully saturated rings. The maximum absolute atomic E-state index is 5.07. The molecule has 45 heavy (non-hydrogen) atoms. The molecule has 0 aliphatic carbocycles. The molecule has 4 nitrogen and oxygen atoms in total. The minimum absolute atomic E-state index is 0.965. The van der Waals surface area contributed by atoms with Crippen LogP contribution in [0, 0.1) is 0 Å². The number of nitrogens with zero attached hydrogens (tertiary/aromatic N) is 4. The van der Waals surface area contributed by atoms with Crippen LogP contribution < -0.4 is 0 Å². The average Bonchev–Trinajstić information content (AvgIpc) is 3.79. The van der Waals surface area contributed by atoms with Crippen LogP contribution in [0.1, 0.15) is 0 Å². The lowest BCUT2D eigenvalue weighted by molar-refractivity contribution is 1.09. The summed E-state index contributed by atoms with van der Waals surface area (Å²) in [6, 6.07) is 54.4. The van der Waals surface area contributed by atoms with Gasteiger partial charge in [-0.05, 0) is 59.3 Å². The van der Waals surface area contributed by atoms with Gasteiger partial charge in [-0.25, -0.2) is 4.98 Å². The summed E-state index contributed by atoms with van der Waals surface area (Å²) in [5.74, 6) is 0. The summed E-state index contributed by atoms with van der Waals surface area (Å²) in [5.41, 5.74) is 10.1. The number of aromatic nitrogens is 4. The van der Waals surface area contributed by atoms with Crippen molar-refractivity contribution in [2.45, 2.75) is 0 Å². The Kier molecular flexibility index (Phi) is 4.96. The molecule has 0 N–H and O–H groups in total. The number of hydrogen-bond donors (Lipinski definition) is 0. The minimum atomic E-state index is 0.965. The van der Waals surface area contributed by atoms with Crippen LogP contribution in [0.15, 0.2) is 158 Å². The summed E-state index contributed by atoms with van der Waals surface area (Å²) in [7, 11) is 0. The summed E-state index contributed by atoms with van der Waals surface area (Å²) >= 11 is 0. The first-order chi connectivity index (χ1) is 22.4. The molecule has 0 saturated heterocycles. The quantitative estimate of drug-likeness (QED) is 0.206. The molecule has 210 valence electrons. The van der Waals surface area contributed by atoms with Gasteiger partial charge >= 0.3 is 0 Å². The van der Waals surface area contributed by atoms with Crippen LogP contribution in [-0.4, -0.2) is 18.7 Å². The third-order valence-corrected chi connectivity index (χ3v) is 9.30. The fraction of sp³-hybridized carbons (Fsp3) is 0. The van der Waals surface area contributed by atoms with Gasteiger partial charge in [-0.15, -0.1) is 0 Å². The second-order valence-electron chi connectivity index (χ2n) is 11.7. The number of imidazole rings is 1. The van der Waals surface area contributed by atoms with E-state index in [1.165, 1.54) is 54.4 Å². The van der Waals surface area contributed by atoms with Crippen molar-refractivity contribution in [3.63, 3.8) is 0 Å². The van der Waals surface area contributed by atoms with Gasteiger partial charge in [-0.3, -0.25) is 4.57 Å². The second kappa shape index (κ2) is 9.18. The molecular weight excluding hydrogens is 548 g/mol. The highest BCUT2D eigenvalue weighted by Crippen LogP contribution is 2.44. The van der Waals surface area contributed by atoms with Gasteiger partial charge in [0, 0.05) is 32.9 Å². The zero-order valence-electron chi connectivity index (χ0n) is 24.3. The van der Waals surface area contributed by atoms with Gasteiger partial charge in [0.1, 0.15) is 11.8 Å². The maximum Gasteiger partial charge on any atom is 0.113 e. The highest BCUT2D eigenvalue weighted by molar-refractivity contribution is 6.28. The molecule has 0 aliphatic rings. The molecule has 0 unspecified atom stereocenters. The van der Waals surface area contributed by atoms with Gasteiger partial charge < -0.3 is 9.13 Å². The van der Waals surface area contributed by atoms with E-state index in [1.807, 2.05) is 12.4 Å². The standard InChI is InChI=1S/C41H26N4/c1-3-13-28(14-4-1)43-26-42-39-36(43)20-11-21-37(39)45-35-25-22-27-12-7-8-17-30(27)38(35)33-24-23-32-31-18-9-10-19-34(31)44(40(32)41(33)45)29-15-5-2-6-16-29/h1-26H. The largest absolute Gasteiger partial charge is 0.307 e. The molecule has 0 radical (unpaired) electrons. The SMILES string of the molecule is c1ccc(-n2cnc3c(-n4c5ccc6ccccc6c5c5ccc6c7ccccc7n(-c7ccccc7)c6c54)cccc32)cc1. The fourth-order valence-corrected chi connectivity index (χ4v) is 7.41. The molecule has 10 rings (SSSR count). The van der Waals surface area contributed by atoms with Crippen LogP contribution in [0.3, 0.4) is 0 Å². The topological polar surface area (TPSA) is 27.7 Å². The summed E-state index contributed by atoms with van der Waals surface area (Å²) in [4.78, 5) is 5.07. The summed E-state index contributed by atoms with van der Waals surface area (Å²) in [5, 5.41) is 7.45.